The third kappa shape index (κ3) is 7.02. The van der Waals surface area contributed by atoms with Gasteiger partial charge in [-0.05, 0) is 23.7 Å². The minimum absolute atomic E-state index is 0.0335. The van der Waals surface area contributed by atoms with Gasteiger partial charge < -0.3 is 4.74 Å². The van der Waals surface area contributed by atoms with Crippen LogP contribution in [-0.2, 0) is 14.6 Å². The summed E-state index contributed by atoms with van der Waals surface area (Å²) in [7, 11) is -3.48. The van der Waals surface area contributed by atoms with Crippen molar-refractivity contribution in [1.29, 1.82) is 0 Å². The monoisotopic (exact) mass is 351 g/mol. The highest BCUT2D eigenvalue weighted by Gasteiger charge is 2.28. The van der Waals surface area contributed by atoms with Crippen LogP contribution in [0.5, 0.6) is 0 Å². The Balaban J connectivity index is 2.64. The minimum Gasteiger partial charge on any atom is -0.381 e. The van der Waals surface area contributed by atoms with Gasteiger partial charge in [0.2, 0.25) is 5.69 Å². The van der Waals surface area contributed by atoms with Gasteiger partial charge in [-0.2, -0.15) is 0 Å². The first kappa shape index (κ1) is 20.7. The Hall–Kier alpha value is -1.38. The molecule has 0 aromatic heterocycles. The van der Waals surface area contributed by atoms with E-state index in [1.807, 2.05) is 13.8 Å². The summed E-state index contributed by atoms with van der Waals surface area (Å²) in [6.07, 6.45) is 1.58. The topological polar surface area (TPSA) is 47.7 Å². The minimum atomic E-state index is -3.48. The van der Waals surface area contributed by atoms with Crippen molar-refractivity contribution in [2.75, 3.05) is 19.0 Å². The Labute approximate surface area is 147 Å². The number of sulfone groups is 1. The lowest BCUT2D eigenvalue weighted by atomic mass is 9.90. The van der Waals surface area contributed by atoms with Crippen LogP contribution < -0.4 is 0 Å². The first-order valence-electron chi connectivity index (χ1n) is 8.24. The third-order valence-electron chi connectivity index (χ3n) is 3.58. The molecule has 0 N–H and O–H groups in total. The third-order valence-corrected chi connectivity index (χ3v) is 5.76. The Kier molecular flexibility index (Phi) is 7.00. The normalized spacial score (nSPS) is 12.8. The summed E-state index contributed by atoms with van der Waals surface area (Å²) in [5.41, 5.74) is -0.0247. The Morgan fingerprint density at radius 2 is 1.75 bits per heavy atom. The zero-order chi connectivity index (χ0) is 18.4. The first-order chi connectivity index (χ1) is 11.0. The molecule has 0 fully saturated rings. The van der Waals surface area contributed by atoms with Crippen LogP contribution in [0.25, 0.3) is 4.85 Å². The van der Waals surface area contributed by atoms with Crippen LogP contribution in [0.1, 0.15) is 47.5 Å². The maximum Gasteiger partial charge on any atom is 0.205 e. The molecule has 134 valence electrons. The molecule has 0 bridgehead atoms. The van der Waals surface area contributed by atoms with Crippen LogP contribution >= 0.6 is 0 Å². The van der Waals surface area contributed by atoms with Gasteiger partial charge in [0.25, 0.3) is 0 Å². The lowest BCUT2D eigenvalue weighted by molar-refractivity contribution is 0.0649. The lowest BCUT2D eigenvalue weighted by Gasteiger charge is -2.25. The van der Waals surface area contributed by atoms with E-state index in [2.05, 4.69) is 25.6 Å². The fraction of sp³-hybridized carbons (Fsp3) is 0.632. The molecule has 1 rings (SSSR count). The van der Waals surface area contributed by atoms with Gasteiger partial charge in [0, 0.05) is 6.61 Å². The van der Waals surface area contributed by atoms with Crippen molar-refractivity contribution in [3.8, 4) is 0 Å². The summed E-state index contributed by atoms with van der Waals surface area (Å²) < 4.78 is 31.0. The fourth-order valence-corrected chi connectivity index (χ4v) is 4.55. The number of ether oxygens (including phenoxy) is 1. The number of rotatable bonds is 8. The molecule has 5 heteroatoms. The molecule has 0 atom stereocenters. The molecule has 4 nitrogen and oxygen atoms in total. The van der Waals surface area contributed by atoms with Crippen molar-refractivity contribution in [3.63, 3.8) is 0 Å². The zero-order valence-corrected chi connectivity index (χ0v) is 16.2. The predicted molar refractivity (Wildman–Crippen MR) is 98.0 cm³/mol. The van der Waals surface area contributed by atoms with Gasteiger partial charge >= 0.3 is 0 Å². The summed E-state index contributed by atoms with van der Waals surface area (Å²) in [5, 5.41) is 0. The van der Waals surface area contributed by atoms with Crippen molar-refractivity contribution in [2.45, 2.75) is 52.4 Å². The van der Waals surface area contributed by atoms with E-state index in [-0.39, 0.29) is 27.2 Å². The molecule has 1 aromatic rings. The molecule has 0 saturated heterocycles. The standard InChI is InChI=1S/C19H29NO3S/c1-18(2,3)14-23-13-9-12-19(4,5)15-24(21,22)17-11-8-7-10-16(17)20-6/h7-8,10-11H,9,12-15H2,1-5H3. The Morgan fingerprint density at radius 3 is 2.33 bits per heavy atom. The average Bonchev–Trinajstić information content (AvgIpc) is 2.44. The van der Waals surface area contributed by atoms with Gasteiger partial charge in [0.05, 0.1) is 23.8 Å². The summed E-state index contributed by atoms with van der Waals surface area (Å²) in [6, 6.07) is 6.41. The van der Waals surface area contributed by atoms with Crippen molar-refractivity contribution in [2.24, 2.45) is 10.8 Å². The second-order valence-corrected chi connectivity index (χ2v) is 10.2. The molecular weight excluding hydrogens is 322 g/mol. The highest BCUT2D eigenvalue weighted by molar-refractivity contribution is 7.91. The molecule has 0 unspecified atom stereocenters. The van der Waals surface area contributed by atoms with Crippen LogP contribution in [0.3, 0.4) is 0 Å². The molecule has 0 aliphatic heterocycles. The van der Waals surface area contributed by atoms with Crippen LogP contribution in [-0.4, -0.2) is 27.4 Å². The lowest BCUT2D eigenvalue weighted by Crippen LogP contribution is -2.25. The fourth-order valence-electron chi connectivity index (χ4n) is 2.51. The van der Waals surface area contributed by atoms with Gasteiger partial charge in [-0.15, -0.1) is 0 Å². The van der Waals surface area contributed by atoms with Gasteiger partial charge in [-0.1, -0.05) is 58.9 Å². The van der Waals surface area contributed by atoms with Crippen molar-refractivity contribution >= 4 is 15.5 Å². The van der Waals surface area contributed by atoms with Crippen LogP contribution in [0.15, 0.2) is 29.2 Å². The molecule has 0 saturated carbocycles. The maximum atomic E-state index is 12.7. The Morgan fingerprint density at radius 1 is 1.12 bits per heavy atom. The van der Waals surface area contributed by atoms with E-state index >= 15 is 0 Å². The van der Waals surface area contributed by atoms with Crippen molar-refractivity contribution < 1.29 is 13.2 Å². The summed E-state index contributed by atoms with van der Waals surface area (Å²) in [5.74, 6) is 0.0335. The SMILES string of the molecule is [C-]#[N+]c1ccccc1S(=O)(=O)CC(C)(C)CCCOCC(C)(C)C. The second kappa shape index (κ2) is 8.13. The number of para-hydroxylation sites is 1. The summed E-state index contributed by atoms with van der Waals surface area (Å²) in [4.78, 5) is 3.46. The van der Waals surface area contributed by atoms with Gasteiger partial charge in [-0.25, -0.2) is 13.3 Å². The molecule has 24 heavy (non-hydrogen) atoms. The largest absolute Gasteiger partial charge is 0.381 e. The predicted octanol–water partition coefficient (Wildman–Crippen LogP) is 4.88. The van der Waals surface area contributed by atoms with Crippen molar-refractivity contribution in [1.82, 2.24) is 0 Å². The number of hydrogen-bond donors (Lipinski definition) is 0. The molecular formula is C19H29NO3S. The maximum absolute atomic E-state index is 12.7. The number of nitrogens with zero attached hydrogens (tertiary/aromatic N) is 1. The molecule has 0 radical (unpaired) electrons. The second-order valence-electron chi connectivity index (χ2n) is 8.22. The first-order valence-corrected chi connectivity index (χ1v) is 9.89. The average molecular weight is 352 g/mol. The smallest absolute Gasteiger partial charge is 0.205 e. The van der Waals surface area contributed by atoms with E-state index < -0.39 is 9.84 Å². The summed E-state index contributed by atoms with van der Waals surface area (Å²) >= 11 is 0. The van der Waals surface area contributed by atoms with E-state index in [0.717, 1.165) is 12.8 Å². The van der Waals surface area contributed by atoms with E-state index in [1.165, 1.54) is 6.07 Å². The highest BCUT2D eigenvalue weighted by atomic mass is 32.2. The summed E-state index contributed by atoms with van der Waals surface area (Å²) in [6.45, 7) is 18.8. The van der Waals surface area contributed by atoms with Crippen LogP contribution in [0.4, 0.5) is 5.69 Å². The molecule has 0 heterocycles. The molecule has 1 aromatic carbocycles. The van der Waals surface area contributed by atoms with Crippen LogP contribution in [0, 0.1) is 17.4 Å². The van der Waals surface area contributed by atoms with E-state index in [0.29, 0.717) is 13.2 Å². The molecule has 0 amide bonds. The van der Waals surface area contributed by atoms with Crippen LogP contribution in [0.2, 0.25) is 0 Å². The molecule has 0 aliphatic rings. The quantitative estimate of drug-likeness (QED) is 0.495. The van der Waals surface area contributed by atoms with E-state index in [9.17, 15) is 8.42 Å². The number of hydrogen-bond acceptors (Lipinski definition) is 3. The molecule has 0 spiro atoms. The van der Waals surface area contributed by atoms with Crippen molar-refractivity contribution in [3.05, 3.63) is 35.7 Å². The number of benzene rings is 1. The van der Waals surface area contributed by atoms with Gasteiger partial charge in [-0.3, -0.25) is 0 Å². The highest BCUT2D eigenvalue weighted by Crippen LogP contribution is 2.31. The Bertz CT molecular complexity index is 679. The van der Waals surface area contributed by atoms with E-state index in [1.54, 1.807) is 18.2 Å². The van der Waals surface area contributed by atoms with Gasteiger partial charge in [0.1, 0.15) is 0 Å². The van der Waals surface area contributed by atoms with Gasteiger partial charge in [0.15, 0.2) is 9.84 Å². The zero-order valence-electron chi connectivity index (χ0n) is 15.4. The molecule has 0 aliphatic carbocycles. The van der Waals surface area contributed by atoms with E-state index in [4.69, 9.17) is 11.3 Å².